The normalized spacial score (nSPS) is 11.8. The lowest BCUT2D eigenvalue weighted by molar-refractivity contribution is 0.265. The topological polar surface area (TPSA) is 84.7 Å². The number of aryl methyl sites for hydroxylation is 1. The second-order valence-corrected chi connectivity index (χ2v) is 11.3. The minimum absolute atomic E-state index is 0.111. The average molecular weight is 510 g/mol. The molecule has 0 saturated carbocycles. The minimum Gasteiger partial charge on any atom is -0.494 e. The first-order valence-corrected chi connectivity index (χ1v) is 13.4. The number of ether oxygens (including phenoxy) is 2. The Kier molecular flexibility index (Phi) is 8.09. The van der Waals surface area contributed by atoms with Crippen molar-refractivity contribution in [3.63, 3.8) is 0 Å². The van der Waals surface area contributed by atoms with Gasteiger partial charge >= 0.3 is 4.87 Å². The number of unbranched alkanes of at least 4 members (excludes halogenated alkanes) is 1. The number of H-pyrrole nitrogens is 1. The molecule has 192 valence electrons. The largest absolute Gasteiger partial charge is 0.494 e. The van der Waals surface area contributed by atoms with Crippen molar-refractivity contribution in [2.24, 2.45) is 5.41 Å². The van der Waals surface area contributed by atoms with Crippen molar-refractivity contribution in [2.45, 2.75) is 59.8 Å². The second kappa shape index (κ2) is 11.2. The Labute approximate surface area is 215 Å². The molecular formula is C29H35NO5S. The van der Waals surface area contributed by atoms with Crippen LogP contribution in [-0.2, 0) is 12.8 Å². The Morgan fingerprint density at radius 1 is 1.08 bits per heavy atom. The van der Waals surface area contributed by atoms with Crippen molar-refractivity contribution >= 4 is 22.3 Å². The predicted molar refractivity (Wildman–Crippen MR) is 146 cm³/mol. The molecule has 0 bridgehead atoms. The average Bonchev–Trinajstić information content (AvgIpc) is 3.38. The summed E-state index contributed by atoms with van der Waals surface area (Å²) in [6.45, 7) is 10.1. The fourth-order valence-electron chi connectivity index (χ4n) is 4.34. The Balaban J connectivity index is 1.31. The van der Waals surface area contributed by atoms with Crippen molar-refractivity contribution in [1.29, 1.82) is 0 Å². The van der Waals surface area contributed by atoms with Gasteiger partial charge < -0.3 is 19.0 Å². The SMILES string of the molecule is CCCc1c(OCCCCOc2cccc(-c3sc(=O)[nH]c3O)c2)ccc2c(CC(C)(C)C)coc12. The van der Waals surface area contributed by atoms with Crippen LogP contribution in [0.25, 0.3) is 21.4 Å². The summed E-state index contributed by atoms with van der Waals surface area (Å²) in [5, 5.41) is 11.1. The van der Waals surface area contributed by atoms with Crippen molar-refractivity contribution in [3.05, 3.63) is 63.5 Å². The molecule has 0 saturated heterocycles. The van der Waals surface area contributed by atoms with Gasteiger partial charge in [0.1, 0.15) is 17.1 Å². The Bertz CT molecular complexity index is 1360. The molecule has 2 heterocycles. The van der Waals surface area contributed by atoms with Crippen LogP contribution in [0.5, 0.6) is 17.4 Å². The smallest absolute Gasteiger partial charge is 0.307 e. The highest BCUT2D eigenvalue weighted by Crippen LogP contribution is 2.35. The summed E-state index contributed by atoms with van der Waals surface area (Å²) < 4.78 is 18.1. The summed E-state index contributed by atoms with van der Waals surface area (Å²) in [5.74, 6) is 1.49. The fraction of sp³-hybridized carbons (Fsp3) is 0.414. The summed E-state index contributed by atoms with van der Waals surface area (Å²) in [7, 11) is 0. The first-order chi connectivity index (χ1) is 17.2. The van der Waals surface area contributed by atoms with E-state index in [1.165, 1.54) is 10.9 Å². The number of aromatic nitrogens is 1. The van der Waals surface area contributed by atoms with Gasteiger partial charge in [0.15, 0.2) is 0 Å². The van der Waals surface area contributed by atoms with Gasteiger partial charge in [-0.1, -0.05) is 57.6 Å². The maximum absolute atomic E-state index is 11.5. The number of furan rings is 1. The first kappa shape index (κ1) is 25.9. The van der Waals surface area contributed by atoms with E-state index in [4.69, 9.17) is 13.9 Å². The van der Waals surface area contributed by atoms with Crippen LogP contribution in [0.2, 0.25) is 0 Å². The van der Waals surface area contributed by atoms with Crippen LogP contribution in [0.4, 0.5) is 0 Å². The molecular weight excluding hydrogens is 474 g/mol. The van der Waals surface area contributed by atoms with Crippen LogP contribution in [-0.4, -0.2) is 23.3 Å². The predicted octanol–water partition coefficient (Wildman–Crippen LogP) is 7.33. The van der Waals surface area contributed by atoms with Gasteiger partial charge in [0, 0.05) is 16.5 Å². The number of aromatic amines is 1. The molecule has 7 heteroatoms. The minimum atomic E-state index is -0.285. The zero-order valence-corrected chi connectivity index (χ0v) is 22.3. The van der Waals surface area contributed by atoms with E-state index in [2.05, 4.69) is 44.8 Å². The van der Waals surface area contributed by atoms with Gasteiger partial charge in [-0.25, -0.2) is 0 Å². The summed E-state index contributed by atoms with van der Waals surface area (Å²) in [6.07, 6.45) is 6.52. The highest BCUT2D eigenvalue weighted by Gasteiger charge is 2.19. The molecule has 2 aromatic carbocycles. The molecule has 2 N–H and O–H groups in total. The zero-order valence-electron chi connectivity index (χ0n) is 21.5. The van der Waals surface area contributed by atoms with Crippen LogP contribution in [0.15, 0.2) is 51.9 Å². The van der Waals surface area contributed by atoms with E-state index >= 15 is 0 Å². The second-order valence-electron chi connectivity index (χ2n) is 10.3. The molecule has 0 atom stereocenters. The molecule has 0 fully saturated rings. The van der Waals surface area contributed by atoms with Crippen molar-refractivity contribution in [3.8, 4) is 27.8 Å². The monoisotopic (exact) mass is 509 g/mol. The summed E-state index contributed by atoms with van der Waals surface area (Å²) >= 11 is 0.978. The highest BCUT2D eigenvalue weighted by atomic mass is 32.1. The Morgan fingerprint density at radius 3 is 2.56 bits per heavy atom. The summed E-state index contributed by atoms with van der Waals surface area (Å²) in [4.78, 5) is 14.1. The third-order valence-electron chi connectivity index (χ3n) is 5.89. The maximum atomic E-state index is 11.5. The van der Waals surface area contributed by atoms with Gasteiger partial charge in [0.25, 0.3) is 0 Å². The summed E-state index contributed by atoms with van der Waals surface area (Å²) in [5.41, 5.74) is 4.31. The van der Waals surface area contributed by atoms with E-state index in [0.717, 1.165) is 65.9 Å². The van der Waals surface area contributed by atoms with E-state index in [1.807, 2.05) is 30.5 Å². The van der Waals surface area contributed by atoms with E-state index in [9.17, 15) is 9.90 Å². The van der Waals surface area contributed by atoms with Gasteiger partial charge in [-0.05, 0) is 60.9 Å². The lowest BCUT2D eigenvalue weighted by atomic mass is 9.88. The first-order valence-electron chi connectivity index (χ1n) is 12.5. The number of benzene rings is 2. The highest BCUT2D eigenvalue weighted by molar-refractivity contribution is 7.13. The molecule has 0 spiro atoms. The van der Waals surface area contributed by atoms with Gasteiger partial charge in [-0.2, -0.15) is 0 Å². The fourth-order valence-corrected chi connectivity index (χ4v) is 5.07. The summed E-state index contributed by atoms with van der Waals surface area (Å²) in [6, 6.07) is 11.6. The number of aromatic hydroxyl groups is 1. The number of fused-ring (bicyclic) bond motifs is 1. The van der Waals surface area contributed by atoms with Crippen LogP contribution >= 0.6 is 11.3 Å². The van der Waals surface area contributed by atoms with E-state index in [-0.39, 0.29) is 16.2 Å². The van der Waals surface area contributed by atoms with E-state index in [1.54, 1.807) is 0 Å². The molecule has 0 radical (unpaired) electrons. The number of rotatable bonds is 11. The Morgan fingerprint density at radius 2 is 1.86 bits per heavy atom. The third-order valence-corrected chi connectivity index (χ3v) is 6.82. The molecule has 4 aromatic rings. The molecule has 2 aromatic heterocycles. The molecule has 0 aliphatic rings. The van der Waals surface area contributed by atoms with Crippen LogP contribution in [0.1, 0.15) is 58.1 Å². The van der Waals surface area contributed by atoms with Crippen LogP contribution in [0, 0.1) is 5.41 Å². The molecule has 0 unspecified atom stereocenters. The van der Waals surface area contributed by atoms with Gasteiger partial charge in [0.2, 0.25) is 5.88 Å². The quantitative estimate of drug-likeness (QED) is 0.207. The molecule has 0 aliphatic carbocycles. The zero-order chi connectivity index (χ0) is 25.7. The number of nitrogens with one attached hydrogen (secondary N) is 1. The van der Waals surface area contributed by atoms with Gasteiger partial charge in [-0.15, -0.1) is 0 Å². The molecule has 36 heavy (non-hydrogen) atoms. The Hall–Kier alpha value is -3.19. The molecule has 0 aliphatic heterocycles. The van der Waals surface area contributed by atoms with E-state index < -0.39 is 0 Å². The lowest BCUT2D eigenvalue weighted by Gasteiger charge is -2.17. The molecule has 0 amide bonds. The standard InChI is InChI=1S/C29H35NO5S/c1-5-9-23-24(13-12-22-20(17-29(2,3)4)18-35-25(22)23)34-15-7-6-14-33-21-11-8-10-19(16-21)26-27(31)30-28(32)36-26/h8,10-13,16,18,31H,5-7,9,14-15,17H2,1-4H3,(H,30,32). The van der Waals surface area contributed by atoms with Crippen molar-refractivity contribution < 1.29 is 19.0 Å². The van der Waals surface area contributed by atoms with Crippen molar-refractivity contribution in [2.75, 3.05) is 13.2 Å². The van der Waals surface area contributed by atoms with Crippen LogP contribution in [0.3, 0.4) is 0 Å². The number of hydrogen-bond acceptors (Lipinski definition) is 6. The third kappa shape index (κ3) is 6.32. The lowest BCUT2D eigenvalue weighted by Crippen LogP contribution is -2.08. The van der Waals surface area contributed by atoms with Gasteiger partial charge in [0.05, 0.1) is 24.4 Å². The molecule has 6 nitrogen and oxygen atoms in total. The number of hydrogen-bond donors (Lipinski definition) is 2. The van der Waals surface area contributed by atoms with Crippen LogP contribution < -0.4 is 14.3 Å². The number of thiazole rings is 1. The molecule has 4 rings (SSSR count). The van der Waals surface area contributed by atoms with Crippen molar-refractivity contribution in [1.82, 2.24) is 4.98 Å². The van der Waals surface area contributed by atoms with E-state index in [0.29, 0.717) is 23.8 Å². The maximum Gasteiger partial charge on any atom is 0.307 e. The van der Waals surface area contributed by atoms with Gasteiger partial charge in [-0.3, -0.25) is 9.78 Å².